The van der Waals surface area contributed by atoms with Crippen molar-refractivity contribution in [2.24, 2.45) is 0 Å². The molecule has 0 N–H and O–H groups in total. The molecular formula is C20H27NO. The van der Waals surface area contributed by atoms with Crippen LogP contribution in [-0.4, -0.2) is 19.7 Å². The maximum absolute atomic E-state index is 6.02. The number of nitrogens with zero attached hydrogens (tertiary/aromatic N) is 1. The molecule has 0 saturated heterocycles. The van der Waals surface area contributed by atoms with E-state index in [0.717, 1.165) is 31.9 Å². The second-order valence-electron chi connectivity index (χ2n) is 5.49. The van der Waals surface area contributed by atoms with Crippen molar-refractivity contribution in [1.82, 2.24) is 0 Å². The fourth-order valence-corrected chi connectivity index (χ4v) is 2.56. The first kappa shape index (κ1) is 16.4. The maximum Gasteiger partial charge on any atom is 0.122 e. The minimum atomic E-state index is 0.718. The number of rotatable bonds is 9. The van der Waals surface area contributed by atoms with Crippen molar-refractivity contribution in [1.29, 1.82) is 0 Å². The van der Waals surface area contributed by atoms with Crippen molar-refractivity contribution in [2.45, 2.75) is 33.1 Å². The summed E-state index contributed by atoms with van der Waals surface area (Å²) in [5.74, 6) is 1.02. The molecule has 0 amide bonds. The second-order valence-corrected chi connectivity index (χ2v) is 5.49. The highest BCUT2D eigenvalue weighted by molar-refractivity contribution is 5.45. The van der Waals surface area contributed by atoms with E-state index >= 15 is 0 Å². The molecule has 2 rings (SSSR count). The molecule has 2 aromatic rings. The van der Waals surface area contributed by atoms with E-state index in [-0.39, 0.29) is 0 Å². The lowest BCUT2D eigenvalue weighted by Gasteiger charge is -2.25. The van der Waals surface area contributed by atoms with Crippen LogP contribution in [0.2, 0.25) is 0 Å². The average molecular weight is 297 g/mol. The van der Waals surface area contributed by atoms with Crippen LogP contribution in [0.4, 0.5) is 5.69 Å². The van der Waals surface area contributed by atoms with Crippen LogP contribution in [0.3, 0.4) is 0 Å². The summed E-state index contributed by atoms with van der Waals surface area (Å²) in [5, 5.41) is 0. The molecule has 0 spiro atoms. The smallest absolute Gasteiger partial charge is 0.122 e. The van der Waals surface area contributed by atoms with Crippen LogP contribution < -0.4 is 9.64 Å². The van der Waals surface area contributed by atoms with Crippen LogP contribution in [0.5, 0.6) is 5.75 Å². The molecule has 0 radical (unpaired) electrons. The van der Waals surface area contributed by atoms with E-state index in [2.05, 4.69) is 67.3 Å². The van der Waals surface area contributed by atoms with Gasteiger partial charge in [-0.15, -0.1) is 0 Å². The number of benzene rings is 2. The lowest BCUT2D eigenvalue weighted by atomic mass is 10.1. The van der Waals surface area contributed by atoms with E-state index in [1.54, 1.807) is 0 Å². The van der Waals surface area contributed by atoms with Crippen LogP contribution in [0.25, 0.3) is 0 Å². The molecule has 2 aromatic carbocycles. The van der Waals surface area contributed by atoms with Gasteiger partial charge in [0, 0.05) is 12.2 Å². The Bertz CT molecular complexity index is 538. The molecule has 118 valence electrons. The molecule has 0 fully saturated rings. The highest BCUT2D eigenvalue weighted by Crippen LogP contribution is 2.19. The number of hydrogen-bond donors (Lipinski definition) is 0. The molecule has 0 atom stereocenters. The van der Waals surface area contributed by atoms with Crippen LogP contribution in [0.15, 0.2) is 54.6 Å². The third kappa shape index (κ3) is 4.80. The Morgan fingerprint density at radius 3 is 2.32 bits per heavy atom. The predicted molar refractivity (Wildman–Crippen MR) is 94.9 cm³/mol. The summed E-state index contributed by atoms with van der Waals surface area (Å²) in [7, 11) is 0. The average Bonchev–Trinajstić information content (AvgIpc) is 2.59. The molecule has 0 aliphatic rings. The first-order chi connectivity index (χ1) is 10.8. The highest BCUT2D eigenvalue weighted by atomic mass is 16.5. The molecule has 0 aliphatic carbocycles. The zero-order chi connectivity index (χ0) is 15.6. The Labute approximate surface area is 134 Å². The minimum absolute atomic E-state index is 0.718. The Morgan fingerprint density at radius 2 is 1.59 bits per heavy atom. The van der Waals surface area contributed by atoms with Crippen molar-refractivity contribution in [3.05, 3.63) is 60.2 Å². The van der Waals surface area contributed by atoms with Gasteiger partial charge in [-0.05, 0) is 36.6 Å². The monoisotopic (exact) mass is 297 g/mol. The Kier molecular flexibility index (Phi) is 6.82. The number of unbranched alkanes of at least 4 members (excludes halogenated alkanes) is 1. The third-order valence-corrected chi connectivity index (χ3v) is 3.88. The normalized spacial score (nSPS) is 10.5. The van der Waals surface area contributed by atoms with Crippen LogP contribution in [0, 0.1) is 0 Å². The van der Waals surface area contributed by atoms with Gasteiger partial charge in [-0.2, -0.15) is 0 Å². The molecule has 0 aliphatic heterocycles. The van der Waals surface area contributed by atoms with Crippen molar-refractivity contribution in [3.63, 3.8) is 0 Å². The molecule has 2 heteroatoms. The van der Waals surface area contributed by atoms with Crippen molar-refractivity contribution < 1.29 is 4.74 Å². The topological polar surface area (TPSA) is 12.5 Å². The Balaban J connectivity index is 1.93. The van der Waals surface area contributed by atoms with E-state index in [1.165, 1.54) is 24.1 Å². The molecule has 0 saturated carbocycles. The predicted octanol–water partition coefficient (Wildman–Crippen LogP) is 4.93. The van der Waals surface area contributed by atoms with E-state index in [9.17, 15) is 0 Å². The summed E-state index contributed by atoms with van der Waals surface area (Å²) >= 11 is 0. The van der Waals surface area contributed by atoms with Crippen LogP contribution in [-0.2, 0) is 6.42 Å². The largest absolute Gasteiger partial charge is 0.491 e. The van der Waals surface area contributed by atoms with Crippen molar-refractivity contribution in [3.8, 4) is 5.75 Å². The van der Waals surface area contributed by atoms with Gasteiger partial charge < -0.3 is 9.64 Å². The lowest BCUT2D eigenvalue weighted by molar-refractivity contribution is 0.320. The van der Waals surface area contributed by atoms with Gasteiger partial charge in [0.05, 0.1) is 6.54 Å². The first-order valence-electron chi connectivity index (χ1n) is 8.35. The van der Waals surface area contributed by atoms with Crippen LogP contribution in [0.1, 0.15) is 32.3 Å². The van der Waals surface area contributed by atoms with Gasteiger partial charge in [-0.1, -0.05) is 56.7 Å². The Morgan fingerprint density at radius 1 is 0.864 bits per heavy atom. The number of para-hydroxylation sites is 2. The summed E-state index contributed by atoms with van der Waals surface area (Å²) < 4.78 is 6.02. The maximum atomic E-state index is 6.02. The molecule has 0 aromatic heterocycles. The third-order valence-electron chi connectivity index (χ3n) is 3.88. The van der Waals surface area contributed by atoms with E-state index in [0.29, 0.717) is 0 Å². The second kappa shape index (κ2) is 9.14. The minimum Gasteiger partial charge on any atom is -0.491 e. The van der Waals surface area contributed by atoms with Crippen molar-refractivity contribution in [2.75, 3.05) is 24.6 Å². The SMILES string of the molecule is CCCCN(CCOc1ccccc1CC)c1ccccc1. The van der Waals surface area contributed by atoms with Crippen molar-refractivity contribution >= 4 is 5.69 Å². The van der Waals surface area contributed by atoms with Gasteiger partial charge in [0.25, 0.3) is 0 Å². The molecule has 0 heterocycles. The van der Waals surface area contributed by atoms with E-state index < -0.39 is 0 Å². The number of anilines is 1. The van der Waals surface area contributed by atoms with Gasteiger partial charge in [0.1, 0.15) is 12.4 Å². The molecular weight excluding hydrogens is 270 g/mol. The zero-order valence-electron chi connectivity index (χ0n) is 13.8. The summed E-state index contributed by atoms with van der Waals surface area (Å²) in [6, 6.07) is 18.9. The van der Waals surface area contributed by atoms with Gasteiger partial charge in [0.15, 0.2) is 0 Å². The molecule has 22 heavy (non-hydrogen) atoms. The Hall–Kier alpha value is -1.96. The van der Waals surface area contributed by atoms with E-state index in [4.69, 9.17) is 4.74 Å². The fourth-order valence-electron chi connectivity index (χ4n) is 2.56. The molecule has 0 bridgehead atoms. The lowest BCUT2D eigenvalue weighted by Crippen LogP contribution is -2.29. The van der Waals surface area contributed by atoms with Gasteiger partial charge in [0.2, 0.25) is 0 Å². The fraction of sp³-hybridized carbons (Fsp3) is 0.400. The number of aryl methyl sites for hydroxylation is 1. The molecule has 0 unspecified atom stereocenters. The zero-order valence-corrected chi connectivity index (χ0v) is 13.8. The highest BCUT2D eigenvalue weighted by Gasteiger charge is 2.07. The summed E-state index contributed by atoms with van der Waals surface area (Å²) in [5.41, 5.74) is 2.56. The van der Waals surface area contributed by atoms with E-state index in [1.807, 2.05) is 6.07 Å². The van der Waals surface area contributed by atoms with Gasteiger partial charge in [-0.3, -0.25) is 0 Å². The first-order valence-corrected chi connectivity index (χ1v) is 8.35. The van der Waals surface area contributed by atoms with Gasteiger partial charge >= 0.3 is 0 Å². The summed E-state index contributed by atoms with van der Waals surface area (Å²) in [6.07, 6.45) is 3.43. The molecule has 2 nitrogen and oxygen atoms in total. The van der Waals surface area contributed by atoms with Crippen LogP contribution >= 0.6 is 0 Å². The number of ether oxygens (including phenoxy) is 1. The standard InChI is InChI=1S/C20H27NO/c1-3-5-15-21(19-12-7-6-8-13-19)16-17-22-20-14-10-9-11-18(20)4-2/h6-14H,3-5,15-17H2,1-2H3. The summed E-state index contributed by atoms with van der Waals surface area (Å²) in [4.78, 5) is 2.41. The van der Waals surface area contributed by atoms with Gasteiger partial charge in [-0.25, -0.2) is 0 Å². The summed E-state index contributed by atoms with van der Waals surface area (Å²) in [6.45, 7) is 7.12. The quantitative estimate of drug-likeness (QED) is 0.650. The number of hydrogen-bond acceptors (Lipinski definition) is 2.